The van der Waals surface area contributed by atoms with Crippen molar-refractivity contribution in [2.75, 3.05) is 16.8 Å². The highest BCUT2D eigenvalue weighted by atomic mass is 16.5. The lowest BCUT2D eigenvalue weighted by molar-refractivity contribution is -0.129. The largest absolute Gasteiger partial charge is 0.494 e. The molecule has 3 rings (SSSR count). The summed E-state index contributed by atoms with van der Waals surface area (Å²) in [7, 11) is 0. The average molecular weight is 408 g/mol. The molecule has 7 nitrogen and oxygen atoms in total. The van der Waals surface area contributed by atoms with Crippen LogP contribution in [-0.4, -0.2) is 30.1 Å². The number of rotatable bonds is 8. The van der Waals surface area contributed by atoms with E-state index in [9.17, 15) is 19.2 Å². The fourth-order valence-corrected chi connectivity index (χ4v) is 3.22. The van der Waals surface area contributed by atoms with Crippen LogP contribution in [0.3, 0.4) is 0 Å². The summed E-state index contributed by atoms with van der Waals surface area (Å²) in [4.78, 5) is 49.0. The Kier molecular flexibility index (Phi) is 6.95. The number of amides is 3. The number of imide groups is 1. The molecule has 0 unspecified atom stereocenters. The minimum absolute atomic E-state index is 0.0324. The first kappa shape index (κ1) is 21.2. The van der Waals surface area contributed by atoms with E-state index in [0.717, 1.165) is 0 Å². The van der Waals surface area contributed by atoms with E-state index in [0.29, 0.717) is 55.0 Å². The van der Waals surface area contributed by atoms with Crippen molar-refractivity contribution in [3.63, 3.8) is 0 Å². The topological polar surface area (TPSA) is 92.8 Å². The zero-order valence-corrected chi connectivity index (χ0v) is 16.8. The second-order valence-electron chi connectivity index (χ2n) is 7.11. The number of piperidine rings is 1. The Labute approximate surface area is 175 Å². The summed E-state index contributed by atoms with van der Waals surface area (Å²) in [6, 6.07) is 13.6. The van der Waals surface area contributed by atoms with Crippen molar-refractivity contribution < 1.29 is 23.9 Å². The Hall–Kier alpha value is -3.48. The van der Waals surface area contributed by atoms with Gasteiger partial charge in [-0.25, -0.2) is 0 Å². The van der Waals surface area contributed by atoms with Crippen LogP contribution in [0.2, 0.25) is 0 Å². The molecule has 2 aromatic carbocycles. The maximum Gasteiger partial charge on any atom is 0.233 e. The maximum absolute atomic E-state index is 12.2. The Morgan fingerprint density at radius 1 is 1.03 bits per heavy atom. The first-order chi connectivity index (χ1) is 14.4. The van der Waals surface area contributed by atoms with Crippen LogP contribution in [0.4, 0.5) is 11.4 Å². The van der Waals surface area contributed by atoms with E-state index in [1.165, 1.54) is 11.8 Å². The second kappa shape index (κ2) is 9.82. The second-order valence-corrected chi connectivity index (χ2v) is 7.11. The van der Waals surface area contributed by atoms with E-state index >= 15 is 0 Å². The maximum atomic E-state index is 12.2. The molecule has 2 aromatic rings. The lowest BCUT2D eigenvalue weighted by Crippen LogP contribution is -2.40. The minimum atomic E-state index is -0.222. The van der Waals surface area contributed by atoms with Crippen LogP contribution in [0.5, 0.6) is 5.75 Å². The van der Waals surface area contributed by atoms with Crippen molar-refractivity contribution in [2.24, 2.45) is 0 Å². The van der Waals surface area contributed by atoms with Gasteiger partial charge in [0.25, 0.3) is 0 Å². The number of ketones is 1. The van der Waals surface area contributed by atoms with E-state index in [-0.39, 0.29) is 29.9 Å². The molecular formula is C23H24N2O5. The summed E-state index contributed by atoms with van der Waals surface area (Å²) in [6.45, 7) is 1.83. The smallest absolute Gasteiger partial charge is 0.233 e. The molecule has 1 fully saturated rings. The number of anilines is 2. The fourth-order valence-electron chi connectivity index (χ4n) is 3.22. The molecule has 1 aliphatic rings. The highest BCUT2D eigenvalue weighted by molar-refractivity contribution is 6.16. The predicted molar refractivity (Wildman–Crippen MR) is 113 cm³/mol. The third kappa shape index (κ3) is 5.53. The third-order valence-corrected chi connectivity index (χ3v) is 4.73. The number of carbonyl (C=O) groups is 4. The normalized spacial score (nSPS) is 13.8. The van der Waals surface area contributed by atoms with Gasteiger partial charge in [0.2, 0.25) is 17.7 Å². The summed E-state index contributed by atoms with van der Waals surface area (Å²) in [5.41, 5.74) is 1.57. The molecule has 30 heavy (non-hydrogen) atoms. The van der Waals surface area contributed by atoms with Gasteiger partial charge in [0.1, 0.15) is 5.75 Å². The monoisotopic (exact) mass is 408 g/mol. The van der Waals surface area contributed by atoms with Crippen LogP contribution in [0.25, 0.3) is 0 Å². The van der Waals surface area contributed by atoms with E-state index < -0.39 is 0 Å². The molecular weight excluding hydrogens is 384 g/mol. The van der Waals surface area contributed by atoms with E-state index in [1.807, 2.05) is 0 Å². The predicted octanol–water partition coefficient (Wildman–Crippen LogP) is 3.73. The van der Waals surface area contributed by atoms with Gasteiger partial charge in [-0.1, -0.05) is 18.2 Å². The molecule has 3 amide bonds. The molecule has 0 bridgehead atoms. The van der Waals surface area contributed by atoms with Gasteiger partial charge in [-0.2, -0.15) is 0 Å². The number of ether oxygens (including phenoxy) is 1. The van der Waals surface area contributed by atoms with E-state index in [1.54, 1.807) is 48.5 Å². The summed E-state index contributed by atoms with van der Waals surface area (Å²) >= 11 is 0. The summed E-state index contributed by atoms with van der Waals surface area (Å²) in [6.07, 6.45) is 2.01. The lowest BCUT2D eigenvalue weighted by Gasteiger charge is -2.25. The molecule has 1 heterocycles. The minimum Gasteiger partial charge on any atom is -0.494 e. The molecule has 1 saturated heterocycles. The number of nitrogens with zero attached hydrogens (tertiary/aromatic N) is 1. The Morgan fingerprint density at radius 2 is 1.77 bits per heavy atom. The van der Waals surface area contributed by atoms with E-state index in [2.05, 4.69) is 5.32 Å². The lowest BCUT2D eigenvalue weighted by atomic mass is 10.1. The number of hydrogen-bond acceptors (Lipinski definition) is 5. The Morgan fingerprint density at radius 3 is 2.50 bits per heavy atom. The summed E-state index contributed by atoms with van der Waals surface area (Å²) in [5.74, 6) is -0.0762. The molecule has 156 valence electrons. The molecule has 0 saturated carbocycles. The van der Waals surface area contributed by atoms with Gasteiger partial charge in [0, 0.05) is 30.5 Å². The van der Waals surface area contributed by atoms with Crippen molar-refractivity contribution in [1.29, 1.82) is 0 Å². The van der Waals surface area contributed by atoms with Crippen molar-refractivity contribution >= 4 is 34.9 Å². The quantitative estimate of drug-likeness (QED) is 0.408. The zero-order valence-electron chi connectivity index (χ0n) is 16.8. The molecule has 1 aliphatic heterocycles. The van der Waals surface area contributed by atoms with Crippen molar-refractivity contribution in [1.82, 2.24) is 0 Å². The van der Waals surface area contributed by atoms with Crippen LogP contribution >= 0.6 is 0 Å². The van der Waals surface area contributed by atoms with Gasteiger partial charge in [0.15, 0.2) is 5.78 Å². The highest BCUT2D eigenvalue weighted by Crippen LogP contribution is 2.25. The standard InChI is InChI=1S/C23H24N2O5/c1-16(26)17-6-2-9-20(14-17)30-13-5-10-21(27)24-18-7-3-8-19(15-18)25-22(28)11-4-12-23(25)29/h2-3,6-9,14-15H,4-5,10-13H2,1H3,(H,24,27). The van der Waals surface area contributed by atoms with Crippen LogP contribution < -0.4 is 15.0 Å². The van der Waals surface area contributed by atoms with Gasteiger partial charge in [-0.05, 0) is 50.1 Å². The van der Waals surface area contributed by atoms with Crippen LogP contribution in [0.1, 0.15) is 49.4 Å². The van der Waals surface area contributed by atoms with Gasteiger partial charge < -0.3 is 10.1 Å². The van der Waals surface area contributed by atoms with Crippen LogP contribution in [0, 0.1) is 0 Å². The molecule has 0 aliphatic carbocycles. The molecule has 1 N–H and O–H groups in total. The van der Waals surface area contributed by atoms with Crippen molar-refractivity contribution in [2.45, 2.75) is 39.0 Å². The van der Waals surface area contributed by atoms with Gasteiger partial charge in [-0.15, -0.1) is 0 Å². The molecule has 0 atom stereocenters. The highest BCUT2D eigenvalue weighted by Gasteiger charge is 2.27. The van der Waals surface area contributed by atoms with Gasteiger partial charge in [-0.3, -0.25) is 24.1 Å². The number of carbonyl (C=O) groups excluding carboxylic acids is 4. The SMILES string of the molecule is CC(=O)c1cccc(OCCCC(=O)Nc2cccc(N3C(=O)CCCC3=O)c2)c1. The average Bonchev–Trinajstić information content (AvgIpc) is 2.72. The number of benzene rings is 2. The Bertz CT molecular complexity index is 954. The van der Waals surface area contributed by atoms with Crippen molar-refractivity contribution in [3.05, 3.63) is 54.1 Å². The molecule has 0 aromatic heterocycles. The molecule has 7 heteroatoms. The Balaban J connectivity index is 1.49. The molecule has 0 spiro atoms. The van der Waals surface area contributed by atoms with Crippen molar-refractivity contribution in [3.8, 4) is 5.75 Å². The van der Waals surface area contributed by atoms with E-state index in [4.69, 9.17) is 4.74 Å². The van der Waals surface area contributed by atoms with Gasteiger partial charge in [0.05, 0.1) is 12.3 Å². The summed E-state index contributed by atoms with van der Waals surface area (Å²) in [5, 5.41) is 2.79. The number of nitrogens with one attached hydrogen (secondary N) is 1. The first-order valence-corrected chi connectivity index (χ1v) is 9.93. The number of hydrogen-bond donors (Lipinski definition) is 1. The summed E-state index contributed by atoms with van der Waals surface area (Å²) < 4.78 is 5.61. The fraction of sp³-hybridized carbons (Fsp3) is 0.304. The molecule has 0 radical (unpaired) electrons. The van der Waals surface area contributed by atoms with Gasteiger partial charge >= 0.3 is 0 Å². The number of Topliss-reactive ketones (excluding diaryl/α,β-unsaturated/α-hetero) is 1. The zero-order chi connectivity index (χ0) is 21.5. The van der Waals surface area contributed by atoms with Crippen LogP contribution in [-0.2, 0) is 14.4 Å². The van der Waals surface area contributed by atoms with Crippen LogP contribution in [0.15, 0.2) is 48.5 Å². The third-order valence-electron chi connectivity index (χ3n) is 4.73. The first-order valence-electron chi connectivity index (χ1n) is 9.93.